The minimum atomic E-state index is -0.157. The number of quaternary nitrogens is 1. The number of nitrogens with zero attached hydrogens (tertiary/aromatic N) is 1. The molecule has 70 valence electrons. The molecule has 0 N–H and O–H groups in total. The second-order valence-corrected chi connectivity index (χ2v) is 5.41. The number of hydrogen-bond donors (Lipinski definition) is 0. The predicted octanol–water partition coefficient (Wildman–Crippen LogP) is -2.76. The van der Waals surface area contributed by atoms with E-state index in [-0.39, 0.29) is 22.2 Å². The molecule has 0 bridgehead atoms. The Morgan fingerprint density at radius 1 is 1.27 bits per heavy atom. The summed E-state index contributed by atoms with van der Waals surface area (Å²) in [4.78, 5) is 0. The van der Waals surface area contributed by atoms with Crippen LogP contribution in [0.15, 0.2) is 0 Å². The third kappa shape index (κ3) is 13.4. The lowest BCUT2D eigenvalue weighted by Crippen LogP contribution is -3.00. The lowest BCUT2D eigenvalue weighted by atomic mass is 10.4. The van der Waals surface area contributed by atoms with E-state index in [0.29, 0.717) is 0 Å². The van der Waals surface area contributed by atoms with Crippen LogP contribution in [0.1, 0.15) is 6.42 Å². The smallest absolute Gasteiger partial charge is 0.161 e. The summed E-state index contributed by atoms with van der Waals surface area (Å²) in [5, 5.41) is 0. The molecule has 0 heterocycles. The highest BCUT2D eigenvalue weighted by atomic mass is 35.5. The van der Waals surface area contributed by atoms with Gasteiger partial charge in [-0.05, 0) is 12.5 Å². The third-order valence-corrected chi connectivity index (χ3v) is 2.62. The van der Waals surface area contributed by atoms with E-state index in [1.807, 2.05) is 7.11 Å². The van der Waals surface area contributed by atoms with E-state index in [4.69, 9.17) is 4.43 Å². The first-order valence-electron chi connectivity index (χ1n) is 3.85. The largest absolute Gasteiger partial charge is 1.00 e. The van der Waals surface area contributed by atoms with Crippen molar-refractivity contribution in [3.63, 3.8) is 0 Å². The van der Waals surface area contributed by atoms with Gasteiger partial charge in [0.05, 0.1) is 27.7 Å². The van der Waals surface area contributed by atoms with Crippen molar-refractivity contribution in [2.45, 2.75) is 12.5 Å². The van der Waals surface area contributed by atoms with Gasteiger partial charge >= 0.3 is 0 Å². The van der Waals surface area contributed by atoms with Gasteiger partial charge < -0.3 is 21.3 Å². The molecule has 0 saturated heterocycles. The Bertz CT molecular complexity index is 85.0. The predicted molar refractivity (Wildman–Crippen MR) is 47.9 cm³/mol. The van der Waals surface area contributed by atoms with E-state index in [9.17, 15) is 0 Å². The zero-order valence-corrected chi connectivity index (χ0v) is 10.2. The maximum atomic E-state index is 5.09. The molecule has 0 fully saturated rings. The van der Waals surface area contributed by atoms with Crippen molar-refractivity contribution in [3.05, 3.63) is 0 Å². The summed E-state index contributed by atoms with van der Waals surface area (Å²) in [6, 6.07) is 1.33. The van der Waals surface area contributed by atoms with Crippen LogP contribution in [0, 0.1) is 0 Å². The fraction of sp³-hybridized carbons (Fsp3) is 1.00. The Morgan fingerprint density at radius 3 is 2.18 bits per heavy atom. The molecular weight excluding hydrogens is 178 g/mol. The van der Waals surface area contributed by atoms with Gasteiger partial charge in [0.15, 0.2) is 9.76 Å². The average molecular weight is 198 g/mol. The van der Waals surface area contributed by atoms with Gasteiger partial charge in [0, 0.05) is 7.11 Å². The zero-order valence-electron chi connectivity index (χ0n) is 8.06. The number of hydrogen-bond acceptors (Lipinski definition) is 1. The minimum Gasteiger partial charge on any atom is -1.00 e. The van der Waals surface area contributed by atoms with Crippen molar-refractivity contribution < 1.29 is 21.3 Å². The van der Waals surface area contributed by atoms with Crippen molar-refractivity contribution in [1.82, 2.24) is 0 Å². The Balaban J connectivity index is 0. The molecule has 2 nitrogen and oxygen atoms in total. The van der Waals surface area contributed by atoms with Gasteiger partial charge in [-0.25, -0.2) is 0 Å². The highest BCUT2D eigenvalue weighted by Crippen LogP contribution is 1.96. The van der Waals surface area contributed by atoms with Crippen LogP contribution in [0.5, 0.6) is 0 Å². The Hall–Kier alpha value is 0.427. The Kier molecular flexibility index (Phi) is 9.02. The van der Waals surface area contributed by atoms with Crippen LogP contribution in [0.2, 0.25) is 6.04 Å². The summed E-state index contributed by atoms with van der Waals surface area (Å²) in [6.45, 7) is 1.27. The molecule has 0 aromatic rings. The van der Waals surface area contributed by atoms with Gasteiger partial charge in [0.25, 0.3) is 0 Å². The van der Waals surface area contributed by atoms with Crippen LogP contribution < -0.4 is 12.4 Å². The maximum Gasteiger partial charge on any atom is 0.161 e. The van der Waals surface area contributed by atoms with Gasteiger partial charge in [-0.2, -0.15) is 0 Å². The van der Waals surface area contributed by atoms with Crippen LogP contribution in [0.3, 0.4) is 0 Å². The van der Waals surface area contributed by atoms with E-state index >= 15 is 0 Å². The topological polar surface area (TPSA) is 9.23 Å². The van der Waals surface area contributed by atoms with Crippen molar-refractivity contribution >= 4 is 9.76 Å². The third-order valence-electron chi connectivity index (χ3n) is 1.43. The lowest BCUT2D eigenvalue weighted by molar-refractivity contribution is -0.870. The summed E-state index contributed by atoms with van der Waals surface area (Å²) in [5.41, 5.74) is 0. The number of rotatable bonds is 5. The molecule has 0 rings (SSSR count). The minimum absolute atomic E-state index is 0. The summed E-state index contributed by atoms with van der Waals surface area (Å²) < 4.78 is 6.17. The number of halogens is 1. The van der Waals surface area contributed by atoms with Gasteiger partial charge in [0.2, 0.25) is 0 Å². The molecule has 0 spiro atoms. The molecule has 0 unspecified atom stereocenters. The SMILES string of the molecule is CO[SiH2]CCC[N+](C)(C)C.[Cl-]. The summed E-state index contributed by atoms with van der Waals surface area (Å²) in [6.07, 6.45) is 1.32. The molecule has 0 aromatic heterocycles. The van der Waals surface area contributed by atoms with Gasteiger partial charge in [-0.3, -0.25) is 0 Å². The van der Waals surface area contributed by atoms with Crippen LogP contribution >= 0.6 is 0 Å². The average Bonchev–Trinajstić information content (AvgIpc) is 1.78. The lowest BCUT2D eigenvalue weighted by Gasteiger charge is -2.23. The first-order valence-corrected chi connectivity index (χ1v) is 5.43. The summed E-state index contributed by atoms with van der Waals surface area (Å²) in [7, 11) is 8.35. The van der Waals surface area contributed by atoms with Gasteiger partial charge in [-0.15, -0.1) is 0 Å². The zero-order chi connectivity index (χ0) is 8.04. The molecule has 0 aromatic carbocycles. The summed E-state index contributed by atoms with van der Waals surface area (Å²) in [5.74, 6) is 0. The van der Waals surface area contributed by atoms with Crippen molar-refractivity contribution in [2.75, 3.05) is 34.8 Å². The van der Waals surface area contributed by atoms with E-state index in [1.54, 1.807) is 0 Å². The Labute approximate surface area is 78.9 Å². The molecule has 0 aliphatic heterocycles. The first-order chi connectivity index (χ1) is 4.56. The highest BCUT2D eigenvalue weighted by Gasteiger charge is 2.04. The van der Waals surface area contributed by atoms with Gasteiger partial charge in [0.1, 0.15) is 0 Å². The van der Waals surface area contributed by atoms with Crippen molar-refractivity contribution in [3.8, 4) is 0 Å². The fourth-order valence-electron chi connectivity index (χ4n) is 0.833. The Morgan fingerprint density at radius 2 is 1.82 bits per heavy atom. The van der Waals surface area contributed by atoms with E-state index in [0.717, 1.165) is 4.48 Å². The van der Waals surface area contributed by atoms with E-state index < -0.39 is 0 Å². The van der Waals surface area contributed by atoms with Crippen molar-refractivity contribution in [2.24, 2.45) is 0 Å². The molecule has 0 amide bonds. The fourth-order valence-corrected chi connectivity index (χ4v) is 1.55. The van der Waals surface area contributed by atoms with Crippen LogP contribution in [-0.4, -0.2) is 49.0 Å². The summed E-state index contributed by atoms with van der Waals surface area (Å²) >= 11 is 0. The van der Waals surface area contributed by atoms with Crippen LogP contribution in [0.25, 0.3) is 0 Å². The van der Waals surface area contributed by atoms with Crippen molar-refractivity contribution in [1.29, 1.82) is 0 Å². The van der Waals surface area contributed by atoms with E-state index in [2.05, 4.69) is 21.1 Å². The van der Waals surface area contributed by atoms with Gasteiger partial charge in [-0.1, -0.05) is 0 Å². The molecule has 0 aliphatic rings. The second-order valence-electron chi connectivity index (χ2n) is 3.71. The monoisotopic (exact) mass is 197 g/mol. The molecule has 4 heteroatoms. The molecule has 0 aliphatic carbocycles. The first kappa shape index (κ1) is 14.0. The molecule has 0 saturated carbocycles. The second kappa shape index (κ2) is 7.10. The highest BCUT2D eigenvalue weighted by molar-refractivity contribution is 6.26. The van der Waals surface area contributed by atoms with Crippen LogP contribution in [0.4, 0.5) is 0 Å². The van der Waals surface area contributed by atoms with Crippen LogP contribution in [-0.2, 0) is 4.43 Å². The molecular formula is C7H20ClNOSi. The maximum absolute atomic E-state index is 5.09. The molecule has 11 heavy (non-hydrogen) atoms. The normalized spacial score (nSPS) is 12.0. The standard InChI is InChI=1S/C7H20NOSi.ClH/c1-8(2,3)6-5-7-10-9-4;/h5-7,10H2,1-4H3;1H/q+1;/p-1. The molecule has 0 atom stereocenters. The van der Waals surface area contributed by atoms with E-state index in [1.165, 1.54) is 19.0 Å². The quantitative estimate of drug-likeness (QED) is 0.264. The molecule has 0 radical (unpaired) electrons.